The molecule has 2 nitrogen and oxygen atoms in total. The Kier molecular flexibility index (Phi) is 5.81. The molecule has 1 heterocycles. The normalized spacial score (nSPS) is 16.0. The van der Waals surface area contributed by atoms with Crippen LogP contribution in [-0.2, 0) is 9.31 Å². The summed E-state index contributed by atoms with van der Waals surface area (Å²) in [5.41, 5.74) is 5.23. The van der Waals surface area contributed by atoms with Crippen molar-refractivity contribution in [2.75, 3.05) is 0 Å². The monoisotopic (exact) mass is 556 g/mol. The molecule has 1 aliphatic rings. The van der Waals surface area contributed by atoms with Crippen LogP contribution in [0.3, 0.4) is 0 Å². The minimum atomic E-state index is -0.459. The average molecular weight is 557 g/mol. The predicted molar refractivity (Wildman–Crippen MR) is 183 cm³/mol. The maximum Gasteiger partial charge on any atom is 0.496 e. The Morgan fingerprint density at radius 2 is 0.814 bits per heavy atom. The number of hydrogen-bond acceptors (Lipinski definition) is 2. The molecule has 0 bridgehead atoms. The maximum atomic E-state index is 6.66. The van der Waals surface area contributed by atoms with Crippen molar-refractivity contribution in [3.05, 3.63) is 127 Å². The Morgan fingerprint density at radius 1 is 0.395 bits per heavy atom. The second-order valence-corrected chi connectivity index (χ2v) is 12.7. The van der Waals surface area contributed by atoms with Gasteiger partial charge in [-0.1, -0.05) is 127 Å². The van der Waals surface area contributed by atoms with Gasteiger partial charge in [-0.2, -0.15) is 0 Å². The van der Waals surface area contributed by atoms with Gasteiger partial charge in [0.15, 0.2) is 0 Å². The fourth-order valence-electron chi connectivity index (χ4n) is 6.88. The van der Waals surface area contributed by atoms with E-state index >= 15 is 0 Å². The van der Waals surface area contributed by atoms with Gasteiger partial charge in [-0.3, -0.25) is 0 Å². The third kappa shape index (κ3) is 3.96. The van der Waals surface area contributed by atoms with Gasteiger partial charge in [-0.05, 0) is 98.5 Å². The average Bonchev–Trinajstić information content (AvgIpc) is 3.24. The molecule has 0 saturated carbocycles. The van der Waals surface area contributed by atoms with Gasteiger partial charge in [0, 0.05) is 0 Å². The smallest absolute Gasteiger partial charge is 0.399 e. The Hall–Kier alpha value is -4.44. The predicted octanol–water partition coefficient (Wildman–Crippen LogP) is 9.93. The molecule has 1 fully saturated rings. The van der Waals surface area contributed by atoms with Crippen molar-refractivity contribution in [3.8, 4) is 22.3 Å². The molecule has 0 aliphatic carbocycles. The lowest BCUT2D eigenvalue weighted by Crippen LogP contribution is -2.41. The molecule has 43 heavy (non-hydrogen) atoms. The first-order valence-corrected chi connectivity index (χ1v) is 15.1. The van der Waals surface area contributed by atoms with Crippen molar-refractivity contribution in [3.63, 3.8) is 0 Å². The zero-order valence-electron chi connectivity index (χ0n) is 25.0. The molecule has 0 radical (unpaired) electrons. The number of benzene rings is 7. The lowest BCUT2D eigenvalue weighted by Gasteiger charge is -2.32. The van der Waals surface area contributed by atoms with Gasteiger partial charge in [0.2, 0.25) is 0 Å². The second-order valence-electron chi connectivity index (χ2n) is 12.7. The molecule has 208 valence electrons. The number of hydrogen-bond donors (Lipinski definition) is 0. The summed E-state index contributed by atoms with van der Waals surface area (Å²) in [5.74, 6) is 0. The van der Waals surface area contributed by atoms with Crippen molar-refractivity contribution in [1.29, 1.82) is 0 Å². The van der Waals surface area contributed by atoms with Crippen molar-refractivity contribution in [1.82, 2.24) is 0 Å². The van der Waals surface area contributed by atoms with Gasteiger partial charge >= 0.3 is 7.12 Å². The van der Waals surface area contributed by atoms with Gasteiger partial charge < -0.3 is 9.31 Å². The molecule has 0 N–H and O–H groups in total. The first kappa shape index (κ1) is 26.2. The fourth-order valence-corrected chi connectivity index (χ4v) is 6.88. The molecule has 7 aromatic carbocycles. The zero-order chi connectivity index (χ0) is 29.3. The fraction of sp³-hybridized carbons (Fsp3) is 0.150. The topological polar surface area (TPSA) is 18.5 Å². The Morgan fingerprint density at radius 3 is 1.42 bits per heavy atom. The third-order valence-electron chi connectivity index (χ3n) is 9.74. The van der Waals surface area contributed by atoms with Crippen LogP contribution in [0.2, 0.25) is 0 Å². The van der Waals surface area contributed by atoms with E-state index in [-0.39, 0.29) is 0 Å². The zero-order valence-corrected chi connectivity index (χ0v) is 25.0. The van der Waals surface area contributed by atoms with E-state index < -0.39 is 18.3 Å². The van der Waals surface area contributed by atoms with Crippen LogP contribution >= 0.6 is 0 Å². The van der Waals surface area contributed by atoms with E-state index in [1.807, 2.05) is 0 Å². The molecule has 3 heteroatoms. The first-order valence-electron chi connectivity index (χ1n) is 15.1. The maximum absolute atomic E-state index is 6.66. The van der Waals surface area contributed by atoms with Gasteiger partial charge in [0.05, 0.1) is 11.2 Å². The highest BCUT2D eigenvalue weighted by Gasteiger charge is 2.52. The molecule has 0 spiro atoms. The second kappa shape index (κ2) is 9.54. The first-order chi connectivity index (χ1) is 20.8. The molecule has 1 saturated heterocycles. The number of rotatable bonds is 3. The highest BCUT2D eigenvalue weighted by atomic mass is 16.7. The van der Waals surface area contributed by atoms with Gasteiger partial charge in [-0.25, -0.2) is 0 Å². The Bertz CT molecular complexity index is 2130. The highest BCUT2D eigenvalue weighted by Crippen LogP contribution is 2.44. The van der Waals surface area contributed by atoms with Crippen LogP contribution in [0, 0.1) is 0 Å². The Balaban J connectivity index is 1.43. The summed E-state index contributed by atoms with van der Waals surface area (Å²) < 4.78 is 13.3. The lowest BCUT2D eigenvalue weighted by molar-refractivity contribution is 0.00578. The molecule has 0 atom stereocenters. The summed E-state index contributed by atoms with van der Waals surface area (Å²) in [6, 6.07) is 46.2. The molecular formula is C40H33BO2. The van der Waals surface area contributed by atoms with Gasteiger partial charge in [0.25, 0.3) is 0 Å². The molecule has 0 amide bonds. The molecule has 1 aliphatic heterocycles. The Labute approximate surface area is 253 Å². The van der Waals surface area contributed by atoms with Crippen molar-refractivity contribution in [2.24, 2.45) is 0 Å². The largest absolute Gasteiger partial charge is 0.496 e. The summed E-state index contributed by atoms with van der Waals surface area (Å²) in [4.78, 5) is 0. The summed E-state index contributed by atoms with van der Waals surface area (Å²) in [6.45, 7) is 8.48. The molecule has 8 rings (SSSR count). The van der Waals surface area contributed by atoms with Crippen LogP contribution in [0.15, 0.2) is 127 Å². The summed E-state index contributed by atoms with van der Waals surface area (Å²) in [5, 5.41) is 9.75. The van der Waals surface area contributed by atoms with E-state index in [4.69, 9.17) is 9.31 Å². The summed E-state index contributed by atoms with van der Waals surface area (Å²) >= 11 is 0. The number of fused-ring (bicyclic) bond motifs is 4. The minimum absolute atomic E-state index is 0.424. The lowest BCUT2D eigenvalue weighted by atomic mass is 9.71. The SMILES string of the molecule is CC1(C)OB(c2c3ccccc3c(-c3ccc(-c4cccc5ccccc45)c4ccccc34)c3ccccc23)OC1(C)C. The highest BCUT2D eigenvalue weighted by molar-refractivity contribution is 6.69. The van der Waals surface area contributed by atoms with Crippen LogP contribution in [0.25, 0.3) is 65.3 Å². The van der Waals surface area contributed by atoms with Crippen LogP contribution in [0.5, 0.6) is 0 Å². The van der Waals surface area contributed by atoms with Crippen LogP contribution in [0.4, 0.5) is 0 Å². The van der Waals surface area contributed by atoms with E-state index in [1.165, 1.54) is 54.6 Å². The van der Waals surface area contributed by atoms with Crippen molar-refractivity contribution >= 4 is 55.7 Å². The summed E-state index contributed by atoms with van der Waals surface area (Å²) in [7, 11) is -0.459. The molecule has 0 unspecified atom stereocenters. The van der Waals surface area contributed by atoms with E-state index in [1.54, 1.807) is 0 Å². The van der Waals surface area contributed by atoms with Crippen LogP contribution in [-0.4, -0.2) is 18.3 Å². The van der Waals surface area contributed by atoms with Crippen molar-refractivity contribution in [2.45, 2.75) is 38.9 Å². The van der Waals surface area contributed by atoms with E-state index in [9.17, 15) is 0 Å². The van der Waals surface area contributed by atoms with Crippen LogP contribution in [0.1, 0.15) is 27.7 Å². The van der Waals surface area contributed by atoms with E-state index in [2.05, 4.69) is 155 Å². The quantitative estimate of drug-likeness (QED) is 0.159. The standard InChI is InChI=1S/C40H33BO2/c1-39(2)40(3,4)43-41(42-39)38-35-21-11-9-19-32(35)37(33-20-10-12-22-36(33)38)34-25-24-31(29-17-7-8-18-30(29)34)28-23-13-15-26-14-5-6-16-27(26)28/h5-25H,1-4H3. The molecule has 7 aromatic rings. The van der Waals surface area contributed by atoms with Crippen LogP contribution < -0.4 is 5.46 Å². The van der Waals surface area contributed by atoms with Gasteiger partial charge in [0.1, 0.15) is 0 Å². The van der Waals surface area contributed by atoms with E-state index in [0.29, 0.717) is 0 Å². The van der Waals surface area contributed by atoms with Crippen molar-refractivity contribution < 1.29 is 9.31 Å². The van der Waals surface area contributed by atoms with E-state index in [0.717, 1.165) is 16.2 Å². The van der Waals surface area contributed by atoms with Gasteiger partial charge in [-0.15, -0.1) is 0 Å². The molecular weight excluding hydrogens is 523 g/mol. The minimum Gasteiger partial charge on any atom is -0.399 e. The molecule has 0 aromatic heterocycles. The summed E-state index contributed by atoms with van der Waals surface area (Å²) in [6.07, 6.45) is 0. The third-order valence-corrected chi connectivity index (χ3v) is 9.74.